The van der Waals surface area contributed by atoms with Crippen LogP contribution >= 0.6 is 22.7 Å². The van der Waals surface area contributed by atoms with Gasteiger partial charge in [-0.3, -0.25) is 9.69 Å². The highest BCUT2D eigenvalue weighted by atomic mass is 32.1. The summed E-state index contributed by atoms with van der Waals surface area (Å²) in [4.78, 5) is 24.5. The summed E-state index contributed by atoms with van der Waals surface area (Å²) in [5.41, 5.74) is 2.86. The first-order valence-corrected chi connectivity index (χ1v) is 12.7. The van der Waals surface area contributed by atoms with Gasteiger partial charge in [0.05, 0.1) is 35.0 Å². The van der Waals surface area contributed by atoms with Crippen molar-refractivity contribution in [3.05, 3.63) is 70.2 Å². The van der Waals surface area contributed by atoms with Crippen molar-refractivity contribution < 1.29 is 14.3 Å². The number of para-hydroxylation sites is 1. The third-order valence-electron chi connectivity index (χ3n) is 5.54. The van der Waals surface area contributed by atoms with Crippen molar-refractivity contribution in [1.82, 2.24) is 9.97 Å². The summed E-state index contributed by atoms with van der Waals surface area (Å²) >= 11 is 3.05. The van der Waals surface area contributed by atoms with Crippen LogP contribution in [0.15, 0.2) is 53.9 Å². The molecule has 0 radical (unpaired) electrons. The zero-order valence-corrected chi connectivity index (χ0v) is 20.0. The Morgan fingerprint density at radius 2 is 2.03 bits per heavy atom. The zero-order chi connectivity index (χ0) is 22.6. The Bertz CT molecular complexity index is 1200. The minimum Gasteiger partial charge on any atom is -0.486 e. The molecule has 1 aliphatic heterocycles. The summed E-state index contributed by atoms with van der Waals surface area (Å²) in [6.07, 6.45) is 2.27. The third kappa shape index (κ3) is 5.40. The van der Waals surface area contributed by atoms with Crippen LogP contribution < -0.4 is 9.64 Å². The number of carbonyl (C=O) groups is 1. The highest BCUT2D eigenvalue weighted by Crippen LogP contribution is 2.30. The third-order valence-corrected chi connectivity index (χ3v) is 7.47. The Morgan fingerprint density at radius 3 is 2.82 bits per heavy atom. The number of benzene rings is 2. The fourth-order valence-electron chi connectivity index (χ4n) is 3.78. The molecule has 170 valence electrons. The average Bonchev–Trinajstić information content (AvgIpc) is 3.58. The fourth-order valence-corrected chi connectivity index (χ4v) is 5.48. The molecule has 1 unspecified atom stereocenters. The second kappa shape index (κ2) is 9.99. The molecule has 2 aromatic heterocycles. The molecule has 2 aromatic carbocycles. The second-order valence-electron chi connectivity index (χ2n) is 8.11. The first-order chi connectivity index (χ1) is 16.1. The van der Waals surface area contributed by atoms with E-state index in [2.05, 4.69) is 4.98 Å². The highest BCUT2D eigenvalue weighted by molar-refractivity contribution is 7.22. The van der Waals surface area contributed by atoms with Gasteiger partial charge in [-0.25, -0.2) is 9.97 Å². The number of thiazole rings is 2. The Labute approximate surface area is 200 Å². The summed E-state index contributed by atoms with van der Waals surface area (Å²) in [5, 5.41) is 3.51. The van der Waals surface area contributed by atoms with Gasteiger partial charge in [0.2, 0.25) is 5.91 Å². The lowest BCUT2D eigenvalue weighted by atomic mass is 10.2. The number of hydrogen-bond acceptors (Lipinski definition) is 7. The summed E-state index contributed by atoms with van der Waals surface area (Å²) < 4.78 is 12.7. The lowest BCUT2D eigenvalue weighted by Crippen LogP contribution is -2.38. The number of aromatic nitrogens is 2. The van der Waals surface area contributed by atoms with Crippen LogP contribution in [0.4, 0.5) is 5.13 Å². The largest absolute Gasteiger partial charge is 0.486 e. The standard InChI is InChI=1S/C25H25N3O3S2/c1-17-8-10-19(11-9-17)31-15-23-26-18(16-32-23)13-24(29)28(14-20-5-4-12-30-20)25-27-21-6-2-3-7-22(21)33-25/h2-3,6-11,16,20H,4-5,12-15H2,1H3. The predicted molar refractivity (Wildman–Crippen MR) is 132 cm³/mol. The number of rotatable bonds is 8. The molecule has 3 heterocycles. The number of ether oxygens (including phenoxy) is 2. The van der Waals surface area contributed by atoms with Crippen molar-refractivity contribution in [1.29, 1.82) is 0 Å². The van der Waals surface area contributed by atoms with Gasteiger partial charge in [-0.2, -0.15) is 0 Å². The van der Waals surface area contributed by atoms with Crippen LogP contribution in [0.1, 0.15) is 29.1 Å². The molecule has 8 heteroatoms. The quantitative estimate of drug-likeness (QED) is 0.339. The molecule has 6 nitrogen and oxygen atoms in total. The molecule has 0 saturated carbocycles. The van der Waals surface area contributed by atoms with E-state index in [0.29, 0.717) is 13.2 Å². The molecule has 0 spiro atoms. The molecule has 1 amide bonds. The number of nitrogens with zero attached hydrogens (tertiary/aromatic N) is 3. The SMILES string of the molecule is Cc1ccc(OCc2nc(CC(=O)N(CC3CCCO3)c3nc4ccccc4s3)cs2)cc1. The molecule has 33 heavy (non-hydrogen) atoms. The Morgan fingerprint density at radius 1 is 1.18 bits per heavy atom. The van der Waals surface area contributed by atoms with Gasteiger partial charge in [0, 0.05) is 12.0 Å². The topological polar surface area (TPSA) is 64.5 Å². The van der Waals surface area contributed by atoms with E-state index in [1.54, 1.807) is 16.2 Å². The molecule has 1 atom stereocenters. The van der Waals surface area contributed by atoms with Crippen molar-refractivity contribution >= 4 is 43.9 Å². The van der Waals surface area contributed by atoms with Gasteiger partial charge in [-0.1, -0.05) is 41.2 Å². The van der Waals surface area contributed by atoms with Crippen molar-refractivity contribution in [3.8, 4) is 5.75 Å². The maximum atomic E-state index is 13.4. The first-order valence-electron chi connectivity index (χ1n) is 11.0. The van der Waals surface area contributed by atoms with Gasteiger partial charge in [-0.15, -0.1) is 11.3 Å². The van der Waals surface area contributed by atoms with Gasteiger partial charge in [0.15, 0.2) is 5.13 Å². The van der Waals surface area contributed by atoms with Gasteiger partial charge in [-0.05, 0) is 44.0 Å². The number of carbonyl (C=O) groups excluding carboxylic acids is 1. The highest BCUT2D eigenvalue weighted by Gasteiger charge is 2.26. The van der Waals surface area contributed by atoms with Crippen LogP contribution in [0.2, 0.25) is 0 Å². The molecule has 1 saturated heterocycles. The van der Waals surface area contributed by atoms with Crippen LogP contribution in [-0.4, -0.2) is 35.1 Å². The molecule has 0 bridgehead atoms. The predicted octanol–water partition coefficient (Wildman–Crippen LogP) is 5.39. The number of hydrogen-bond donors (Lipinski definition) is 0. The number of aryl methyl sites for hydroxylation is 1. The van der Waals surface area contributed by atoms with E-state index < -0.39 is 0 Å². The van der Waals surface area contributed by atoms with Gasteiger partial charge in [0.25, 0.3) is 0 Å². The minimum absolute atomic E-state index is 0.0131. The van der Waals surface area contributed by atoms with Crippen molar-refractivity contribution in [3.63, 3.8) is 0 Å². The van der Waals surface area contributed by atoms with Gasteiger partial charge >= 0.3 is 0 Å². The second-order valence-corrected chi connectivity index (χ2v) is 10.1. The smallest absolute Gasteiger partial charge is 0.234 e. The Balaban J connectivity index is 1.28. The van der Waals surface area contributed by atoms with Crippen LogP contribution in [0.5, 0.6) is 5.75 Å². The fraction of sp³-hybridized carbons (Fsp3) is 0.320. The molecule has 1 aliphatic rings. The molecular formula is C25H25N3O3S2. The summed E-state index contributed by atoms with van der Waals surface area (Å²) in [5.74, 6) is 0.799. The van der Waals surface area contributed by atoms with E-state index in [0.717, 1.165) is 51.2 Å². The van der Waals surface area contributed by atoms with E-state index >= 15 is 0 Å². The van der Waals surface area contributed by atoms with Crippen molar-refractivity contribution in [2.45, 2.75) is 38.9 Å². The van der Waals surface area contributed by atoms with Gasteiger partial charge in [0.1, 0.15) is 17.4 Å². The van der Waals surface area contributed by atoms with Crippen molar-refractivity contribution in [2.75, 3.05) is 18.1 Å². The Hall–Kier alpha value is -2.81. The molecule has 4 aromatic rings. The van der Waals surface area contributed by atoms with E-state index in [4.69, 9.17) is 14.5 Å². The molecule has 0 aliphatic carbocycles. The molecule has 1 fully saturated rings. The van der Waals surface area contributed by atoms with Crippen LogP contribution in [0.25, 0.3) is 10.2 Å². The zero-order valence-electron chi connectivity index (χ0n) is 18.4. The van der Waals surface area contributed by atoms with Gasteiger partial charge < -0.3 is 9.47 Å². The maximum Gasteiger partial charge on any atom is 0.234 e. The number of fused-ring (bicyclic) bond motifs is 1. The molecular weight excluding hydrogens is 454 g/mol. The normalized spacial score (nSPS) is 15.7. The molecule has 0 N–H and O–H groups in total. The molecule has 5 rings (SSSR count). The van der Waals surface area contributed by atoms with Crippen LogP contribution in [0.3, 0.4) is 0 Å². The number of anilines is 1. The van der Waals surface area contributed by atoms with Crippen LogP contribution in [-0.2, 0) is 22.6 Å². The Kier molecular flexibility index (Phi) is 6.66. The average molecular weight is 480 g/mol. The van der Waals surface area contributed by atoms with E-state index in [1.165, 1.54) is 16.9 Å². The minimum atomic E-state index is -0.0131. The van der Waals surface area contributed by atoms with Crippen molar-refractivity contribution in [2.24, 2.45) is 0 Å². The number of amides is 1. The summed E-state index contributed by atoms with van der Waals surface area (Å²) in [7, 11) is 0. The first kappa shape index (κ1) is 22.0. The monoisotopic (exact) mass is 479 g/mol. The van der Waals surface area contributed by atoms with E-state index in [1.807, 2.05) is 60.8 Å². The van der Waals surface area contributed by atoms with E-state index in [-0.39, 0.29) is 18.4 Å². The van der Waals surface area contributed by atoms with E-state index in [9.17, 15) is 4.79 Å². The van der Waals surface area contributed by atoms with Crippen LogP contribution in [0, 0.1) is 6.92 Å². The lowest BCUT2D eigenvalue weighted by molar-refractivity contribution is -0.118. The lowest BCUT2D eigenvalue weighted by Gasteiger charge is -2.22. The maximum absolute atomic E-state index is 13.4. The summed E-state index contributed by atoms with van der Waals surface area (Å²) in [6, 6.07) is 15.9. The summed E-state index contributed by atoms with van der Waals surface area (Å²) in [6.45, 7) is 3.71.